The van der Waals surface area contributed by atoms with Crippen LogP contribution >= 0.6 is 11.6 Å². The molecule has 5 nitrogen and oxygen atoms in total. The second-order valence-electron chi connectivity index (χ2n) is 5.72. The van der Waals surface area contributed by atoms with E-state index in [9.17, 15) is 22.8 Å². The molecule has 2 aromatic rings. The Kier molecular flexibility index (Phi) is 7.28. The highest BCUT2D eigenvalue weighted by Crippen LogP contribution is 2.34. The summed E-state index contributed by atoms with van der Waals surface area (Å²) in [5.41, 5.74) is -1.32. The molecule has 2 rings (SSSR count). The molecule has 0 spiro atoms. The van der Waals surface area contributed by atoms with Crippen LogP contribution in [0.4, 0.5) is 18.9 Å². The number of alkyl halides is 3. The van der Waals surface area contributed by atoms with Gasteiger partial charge in [-0.05, 0) is 31.2 Å². The van der Waals surface area contributed by atoms with E-state index in [2.05, 4.69) is 5.32 Å². The van der Waals surface area contributed by atoms with E-state index in [0.29, 0.717) is 10.8 Å². The molecule has 0 unspecified atom stereocenters. The van der Waals surface area contributed by atoms with Gasteiger partial charge in [-0.1, -0.05) is 35.9 Å². The fraction of sp³-hybridized carbons (Fsp3) is 0.263. The van der Waals surface area contributed by atoms with Crippen LogP contribution in [0.25, 0.3) is 0 Å². The van der Waals surface area contributed by atoms with Crippen LogP contribution in [0.1, 0.15) is 12.5 Å². The van der Waals surface area contributed by atoms with Crippen molar-refractivity contribution >= 4 is 29.1 Å². The third kappa shape index (κ3) is 5.88. The van der Waals surface area contributed by atoms with E-state index in [1.807, 2.05) is 0 Å². The SMILES string of the molecule is CCN(CC(=O)Nc1ccccc1C(F)(F)F)C(=O)COc1ccccc1Cl. The molecule has 0 fully saturated rings. The van der Waals surface area contributed by atoms with Crippen LogP contribution in [-0.4, -0.2) is 36.4 Å². The maximum absolute atomic E-state index is 13.0. The molecular formula is C19H18ClF3N2O3. The number of nitrogens with one attached hydrogen (secondary N) is 1. The van der Waals surface area contributed by atoms with Gasteiger partial charge in [0.1, 0.15) is 5.75 Å². The van der Waals surface area contributed by atoms with Crippen LogP contribution in [0.2, 0.25) is 5.02 Å². The topological polar surface area (TPSA) is 58.6 Å². The Balaban J connectivity index is 1.98. The fourth-order valence-corrected chi connectivity index (χ4v) is 2.56. The average molecular weight is 415 g/mol. The molecule has 0 aliphatic rings. The predicted octanol–water partition coefficient (Wildman–Crippen LogP) is 4.22. The Morgan fingerprint density at radius 3 is 2.39 bits per heavy atom. The molecule has 1 N–H and O–H groups in total. The van der Waals surface area contributed by atoms with E-state index in [-0.39, 0.29) is 18.8 Å². The highest BCUT2D eigenvalue weighted by Gasteiger charge is 2.33. The summed E-state index contributed by atoms with van der Waals surface area (Å²) in [4.78, 5) is 25.6. The second kappa shape index (κ2) is 9.45. The fourth-order valence-electron chi connectivity index (χ4n) is 2.37. The lowest BCUT2D eigenvalue weighted by atomic mass is 10.1. The third-order valence-electron chi connectivity index (χ3n) is 3.76. The van der Waals surface area contributed by atoms with Gasteiger partial charge in [0, 0.05) is 6.54 Å². The number of para-hydroxylation sites is 2. The largest absolute Gasteiger partial charge is 0.482 e. The molecule has 0 saturated carbocycles. The molecule has 150 valence electrons. The van der Waals surface area contributed by atoms with Gasteiger partial charge >= 0.3 is 6.18 Å². The van der Waals surface area contributed by atoms with Crippen LogP contribution in [0, 0.1) is 0 Å². The zero-order valence-electron chi connectivity index (χ0n) is 14.9. The van der Waals surface area contributed by atoms with Crippen molar-refractivity contribution in [2.45, 2.75) is 13.1 Å². The summed E-state index contributed by atoms with van der Waals surface area (Å²) < 4.78 is 44.4. The van der Waals surface area contributed by atoms with Gasteiger partial charge in [0.15, 0.2) is 6.61 Å². The van der Waals surface area contributed by atoms with Crippen molar-refractivity contribution in [2.24, 2.45) is 0 Å². The molecule has 0 saturated heterocycles. The maximum atomic E-state index is 13.0. The molecule has 0 bridgehead atoms. The van der Waals surface area contributed by atoms with E-state index < -0.39 is 30.1 Å². The van der Waals surface area contributed by atoms with Crippen molar-refractivity contribution in [1.29, 1.82) is 0 Å². The predicted molar refractivity (Wildman–Crippen MR) is 99.3 cm³/mol. The molecule has 0 aliphatic heterocycles. The Labute approximate surface area is 165 Å². The molecule has 0 aromatic heterocycles. The highest BCUT2D eigenvalue weighted by molar-refractivity contribution is 6.32. The van der Waals surface area contributed by atoms with Gasteiger partial charge in [0.25, 0.3) is 5.91 Å². The number of anilines is 1. The van der Waals surface area contributed by atoms with Gasteiger partial charge < -0.3 is 15.0 Å². The number of benzene rings is 2. The average Bonchev–Trinajstić information content (AvgIpc) is 2.64. The summed E-state index contributed by atoms with van der Waals surface area (Å²) in [5.74, 6) is -0.927. The summed E-state index contributed by atoms with van der Waals surface area (Å²) in [6, 6.07) is 11.2. The van der Waals surface area contributed by atoms with E-state index in [0.717, 1.165) is 12.1 Å². The number of ether oxygens (including phenoxy) is 1. The van der Waals surface area contributed by atoms with Crippen molar-refractivity contribution in [3.63, 3.8) is 0 Å². The Morgan fingerprint density at radius 1 is 1.11 bits per heavy atom. The van der Waals surface area contributed by atoms with Gasteiger partial charge in [-0.2, -0.15) is 13.2 Å². The number of nitrogens with zero attached hydrogens (tertiary/aromatic N) is 1. The summed E-state index contributed by atoms with van der Waals surface area (Å²) in [6.45, 7) is 1.06. The standard InChI is InChI=1S/C19H18ClF3N2O3/c1-2-25(18(27)12-28-16-10-6-4-8-14(16)20)11-17(26)24-15-9-5-3-7-13(15)19(21,22)23/h3-10H,2,11-12H2,1H3,(H,24,26). The number of halogens is 4. The van der Waals surface area contributed by atoms with Crippen LogP contribution in [0.3, 0.4) is 0 Å². The first-order valence-electron chi connectivity index (χ1n) is 8.33. The number of carbonyl (C=O) groups is 2. The molecule has 0 heterocycles. The Bertz CT molecular complexity index is 843. The second-order valence-corrected chi connectivity index (χ2v) is 6.13. The minimum absolute atomic E-state index is 0.180. The van der Waals surface area contributed by atoms with Crippen LogP contribution in [0.15, 0.2) is 48.5 Å². The van der Waals surface area contributed by atoms with Gasteiger partial charge in [-0.3, -0.25) is 9.59 Å². The lowest BCUT2D eigenvalue weighted by Crippen LogP contribution is -2.40. The number of carbonyl (C=O) groups excluding carboxylic acids is 2. The summed E-state index contributed by atoms with van der Waals surface area (Å²) >= 11 is 5.94. The van der Waals surface area contributed by atoms with Crippen molar-refractivity contribution < 1.29 is 27.5 Å². The lowest BCUT2D eigenvalue weighted by Gasteiger charge is -2.21. The maximum Gasteiger partial charge on any atom is 0.418 e. The first-order chi connectivity index (χ1) is 13.2. The summed E-state index contributed by atoms with van der Waals surface area (Å²) in [6.07, 6.45) is -4.60. The van der Waals surface area contributed by atoms with E-state index in [1.54, 1.807) is 31.2 Å². The lowest BCUT2D eigenvalue weighted by molar-refractivity contribution is -0.137. The zero-order chi connectivity index (χ0) is 20.7. The van der Waals surface area contributed by atoms with Gasteiger partial charge in [-0.25, -0.2) is 0 Å². The normalized spacial score (nSPS) is 11.0. The first-order valence-corrected chi connectivity index (χ1v) is 8.71. The van der Waals surface area contributed by atoms with Crippen molar-refractivity contribution in [3.8, 4) is 5.75 Å². The number of hydrogen-bond donors (Lipinski definition) is 1. The first kappa shape index (κ1) is 21.6. The molecule has 2 aromatic carbocycles. The van der Waals surface area contributed by atoms with E-state index >= 15 is 0 Å². The van der Waals surface area contributed by atoms with Crippen molar-refractivity contribution in [3.05, 3.63) is 59.1 Å². The third-order valence-corrected chi connectivity index (χ3v) is 4.08. The molecule has 28 heavy (non-hydrogen) atoms. The van der Waals surface area contributed by atoms with Crippen LogP contribution in [0.5, 0.6) is 5.75 Å². The van der Waals surface area contributed by atoms with E-state index in [4.69, 9.17) is 16.3 Å². The van der Waals surface area contributed by atoms with Gasteiger partial charge in [0.05, 0.1) is 22.8 Å². The van der Waals surface area contributed by atoms with Crippen LogP contribution < -0.4 is 10.1 Å². The Morgan fingerprint density at radius 2 is 1.75 bits per heavy atom. The molecule has 2 amide bonds. The smallest absolute Gasteiger partial charge is 0.418 e. The van der Waals surface area contributed by atoms with E-state index in [1.165, 1.54) is 17.0 Å². The zero-order valence-corrected chi connectivity index (χ0v) is 15.7. The van der Waals surface area contributed by atoms with Crippen molar-refractivity contribution in [1.82, 2.24) is 4.90 Å². The summed E-state index contributed by atoms with van der Waals surface area (Å²) in [5, 5.41) is 2.54. The minimum Gasteiger partial charge on any atom is -0.482 e. The number of amides is 2. The van der Waals surface area contributed by atoms with Gasteiger partial charge in [-0.15, -0.1) is 0 Å². The molecule has 0 atom stereocenters. The highest BCUT2D eigenvalue weighted by atomic mass is 35.5. The quantitative estimate of drug-likeness (QED) is 0.737. The number of hydrogen-bond acceptors (Lipinski definition) is 3. The summed E-state index contributed by atoms with van der Waals surface area (Å²) in [7, 11) is 0. The van der Waals surface area contributed by atoms with Gasteiger partial charge in [0.2, 0.25) is 5.91 Å². The molecule has 0 radical (unpaired) electrons. The van der Waals surface area contributed by atoms with Crippen molar-refractivity contribution in [2.75, 3.05) is 25.0 Å². The number of rotatable bonds is 7. The monoisotopic (exact) mass is 414 g/mol. The number of likely N-dealkylation sites (N-methyl/N-ethyl adjacent to an activating group) is 1. The molecule has 9 heteroatoms. The minimum atomic E-state index is -4.60. The van der Waals surface area contributed by atoms with Crippen LogP contribution in [-0.2, 0) is 15.8 Å². The molecule has 0 aliphatic carbocycles. The Hall–Kier alpha value is -2.74. The molecular weight excluding hydrogens is 397 g/mol.